The molecule has 2 aromatic rings. The minimum Gasteiger partial charge on any atom is -0.481 e. The van der Waals surface area contributed by atoms with Crippen molar-refractivity contribution in [3.05, 3.63) is 71.8 Å². The molecule has 2 aromatic carbocycles. The second-order valence-electron chi connectivity index (χ2n) is 14.5. The van der Waals surface area contributed by atoms with Gasteiger partial charge in [-0.2, -0.15) is 24.4 Å². The molecule has 66 heavy (non-hydrogen) atoms. The Labute approximate surface area is 389 Å². The standard InChI is InChI=1S/C41H56N10O13S2/c1-66-15-14-26(49-38(60)27(46-32(53)19-42)16-23-8-4-2-5-9-23)37(59)51-30(22-65)40(62)48-25(12-13-31(43)52)36(58)45-20-33(54)44-21-34(55)47-28(18-35(56)57)39(61)50-29(41(63)64)17-24-10-6-3-7-11-24/h2-11,25-30,65H,12-22,42H2,1H3,(H2,43,52)(H,44,54)(H,45,58)(H,46,53)(H,47,55)(H,48,62)(H,49,60)(H,50,61)(H,51,59)(H,56,57)(H,63,64). The molecule has 9 amide bonds. The summed E-state index contributed by atoms with van der Waals surface area (Å²) in [6.45, 7) is -1.99. The van der Waals surface area contributed by atoms with Gasteiger partial charge in [-0.15, -0.1) is 0 Å². The van der Waals surface area contributed by atoms with Crippen molar-refractivity contribution < 1.29 is 63.0 Å². The Morgan fingerprint density at radius 2 is 1.05 bits per heavy atom. The van der Waals surface area contributed by atoms with Crippen LogP contribution in [-0.4, -0.2) is 149 Å². The Hall–Kier alpha value is -6.73. The highest BCUT2D eigenvalue weighted by Gasteiger charge is 2.32. The maximum absolute atomic E-state index is 13.6. The van der Waals surface area contributed by atoms with E-state index in [-0.39, 0.29) is 31.4 Å². The molecule has 0 aliphatic heterocycles. The van der Waals surface area contributed by atoms with Gasteiger partial charge in [-0.25, -0.2) is 4.79 Å². The first-order chi connectivity index (χ1) is 31.4. The van der Waals surface area contributed by atoms with Gasteiger partial charge in [0, 0.05) is 25.0 Å². The molecule has 0 aromatic heterocycles. The van der Waals surface area contributed by atoms with Gasteiger partial charge in [0.05, 0.1) is 26.1 Å². The zero-order valence-corrected chi connectivity index (χ0v) is 37.6. The van der Waals surface area contributed by atoms with Gasteiger partial charge in [0.25, 0.3) is 0 Å². The fourth-order valence-corrected chi connectivity index (χ4v) is 6.60. The number of aliphatic carboxylic acids is 2. The van der Waals surface area contributed by atoms with Crippen molar-refractivity contribution >= 4 is 89.5 Å². The van der Waals surface area contributed by atoms with E-state index in [4.69, 9.17) is 11.5 Å². The molecular weight excluding hydrogens is 905 g/mol. The lowest BCUT2D eigenvalue weighted by Crippen LogP contribution is -2.59. The molecule has 6 unspecified atom stereocenters. The summed E-state index contributed by atoms with van der Waals surface area (Å²) < 4.78 is 0. The zero-order valence-electron chi connectivity index (χ0n) is 35.9. The number of nitrogens with two attached hydrogens (primary N) is 2. The summed E-state index contributed by atoms with van der Waals surface area (Å²) in [5.41, 5.74) is 12.0. The van der Waals surface area contributed by atoms with Crippen LogP contribution in [0.4, 0.5) is 0 Å². The molecular formula is C41H56N10O13S2. The van der Waals surface area contributed by atoms with Crippen molar-refractivity contribution in [3.8, 4) is 0 Å². The van der Waals surface area contributed by atoms with Crippen molar-refractivity contribution in [1.29, 1.82) is 0 Å². The molecule has 23 nitrogen and oxygen atoms in total. The summed E-state index contributed by atoms with van der Waals surface area (Å²) >= 11 is 5.54. The number of amides is 9. The molecule has 0 heterocycles. The van der Waals surface area contributed by atoms with Crippen molar-refractivity contribution in [2.75, 3.05) is 37.4 Å². The number of benzene rings is 2. The lowest BCUT2D eigenvalue weighted by Gasteiger charge is -2.26. The second-order valence-corrected chi connectivity index (χ2v) is 15.8. The summed E-state index contributed by atoms with van der Waals surface area (Å²) in [6.07, 6.45) is 0.123. The molecule has 0 radical (unpaired) electrons. The fourth-order valence-electron chi connectivity index (χ4n) is 5.87. The van der Waals surface area contributed by atoms with Crippen LogP contribution in [0.3, 0.4) is 0 Å². The molecule has 25 heteroatoms. The monoisotopic (exact) mass is 960 g/mol. The average molecular weight is 961 g/mol. The van der Waals surface area contributed by atoms with E-state index in [1.165, 1.54) is 11.8 Å². The summed E-state index contributed by atoms with van der Waals surface area (Å²) in [5.74, 6) is -10.8. The van der Waals surface area contributed by atoms with Crippen LogP contribution >= 0.6 is 24.4 Å². The third-order valence-electron chi connectivity index (χ3n) is 9.29. The van der Waals surface area contributed by atoms with Gasteiger partial charge in [-0.3, -0.25) is 47.9 Å². The van der Waals surface area contributed by atoms with E-state index in [0.29, 0.717) is 16.9 Å². The van der Waals surface area contributed by atoms with Crippen LogP contribution < -0.4 is 54.0 Å². The van der Waals surface area contributed by atoms with Crippen LogP contribution in [-0.2, 0) is 65.6 Å². The molecule has 360 valence electrons. The van der Waals surface area contributed by atoms with Crippen LogP contribution in [0.25, 0.3) is 0 Å². The Balaban J connectivity index is 2.06. The van der Waals surface area contributed by atoms with Crippen LogP contribution in [0.1, 0.15) is 36.8 Å². The smallest absolute Gasteiger partial charge is 0.326 e. The summed E-state index contributed by atoms with van der Waals surface area (Å²) in [6, 6.07) is 8.62. The van der Waals surface area contributed by atoms with Crippen molar-refractivity contribution in [2.24, 2.45) is 11.5 Å². The number of carboxylic acid groups (broad SMARTS) is 2. The number of primary amides is 1. The van der Waals surface area contributed by atoms with Crippen LogP contribution in [0.15, 0.2) is 60.7 Å². The van der Waals surface area contributed by atoms with Gasteiger partial charge in [-0.1, -0.05) is 60.7 Å². The number of carbonyl (C=O) groups excluding carboxylic acids is 9. The number of nitrogens with one attached hydrogen (secondary N) is 8. The highest BCUT2D eigenvalue weighted by atomic mass is 32.2. The highest BCUT2D eigenvalue weighted by molar-refractivity contribution is 7.98. The summed E-state index contributed by atoms with van der Waals surface area (Å²) in [5, 5.41) is 37.7. The van der Waals surface area contributed by atoms with Crippen LogP contribution in [0.2, 0.25) is 0 Å². The molecule has 2 rings (SSSR count). The molecule has 0 spiro atoms. The molecule has 0 fully saturated rings. The Kier molecular flexibility index (Phi) is 24.9. The molecule has 0 aliphatic rings. The number of thioether (sulfide) groups is 1. The van der Waals surface area contributed by atoms with Gasteiger partial charge >= 0.3 is 11.9 Å². The minimum atomic E-state index is -1.74. The second kappa shape index (κ2) is 29.7. The molecule has 0 saturated carbocycles. The third-order valence-corrected chi connectivity index (χ3v) is 10.3. The molecule has 0 aliphatic carbocycles. The van der Waals surface area contributed by atoms with Crippen molar-refractivity contribution in [3.63, 3.8) is 0 Å². The molecule has 0 saturated heterocycles. The van der Waals surface area contributed by atoms with E-state index >= 15 is 0 Å². The Morgan fingerprint density at radius 3 is 1.56 bits per heavy atom. The minimum absolute atomic E-state index is 0.0753. The number of rotatable bonds is 30. The first-order valence-electron chi connectivity index (χ1n) is 20.3. The predicted molar refractivity (Wildman–Crippen MR) is 242 cm³/mol. The SMILES string of the molecule is CSCCC(NC(=O)C(Cc1ccccc1)NC(=O)CN)C(=O)NC(CS)C(=O)NC(CCC(N)=O)C(=O)NCC(=O)NCC(=O)NC(CC(=O)O)C(=O)NC(Cc1ccccc1)C(=O)O. The molecule has 6 atom stereocenters. The normalized spacial score (nSPS) is 13.4. The van der Waals surface area contributed by atoms with Crippen LogP contribution in [0, 0.1) is 0 Å². The van der Waals surface area contributed by atoms with E-state index in [1.807, 2.05) is 0 Å². The molecule has 0 bridgehead atoms. The van der Waals surface area contributed by atoms with Gasteiger partial charge in [-0.05, 0) is 36.0 Å². The number of carboxylic acids is 2. The molecule has 14 N–H and O–H groups in total. The topological polar surface area (TPSA) is 377 Å². The van der Waals surface area contributed by atoms with Crippen molar-refractivity contribution in [2.45, 2.75) is 74.8 Å². The Bertz CT molecular complexity index is 2020. The first kappa shape index (κ1) is 55.4. The first-order valence-corrected chi connectivity index (χ1v) is 22.3. The fraction of sp³-hybridized carbons (Fsp3) is 0.439. The number of thiol groups is 1. The maximum atomic E-state index is 13.6. The summed E-state index contributed by atoms with van der Waals surface area (Å²) in [4.78, 5) is 139. The quantitative estimate of drug-likeness (QED) is 0.0333. The van der Waals surface area contributed by atoms with Gasteiger partial charge in [0.1, 0.15) is 36.3 Å². The lowest BCUT2D eigenvalue weighted by molar-refractivity contribution is -0.143. The van der Waals surface area contributed by atoms with Crippen molar-refractivity contribution in [1.82, 2.24) is 42.5 Å². The summed E-state index contributed by atoms with van der Waals surface area (Å²) in [7, 11) is 0. The third kappa shape index (κ3) is 21.3. The predicted octanol–water partition coefficient (Wildman–Crippen LogP) is -3.92. The van der Waals surface area contributed by atoms with Gasteiger partial charge < -0.3 is 64.2 Å². The largest absolute Gasteiger partial charge is 0.481 e. The number of hydrogen-bond donors (Lipinski definition) is 13. The van der Waals surface area contributed by atoms with E-state index in [1.54, 1.807) is 66.9 Å². The maximum Gasteiger partial charge on any atom is 0.326 e. The number of carbonyl (C=O) groups is 11. The van der Waals surface area contributed by atoms with E-state index in [2.05, 4.69) is 55.2 Å². The van der Waals surface area contributed by atoms with E-state index in [9.17, 15) is 63.0 Å². The average Bonchev–Trinajstić information content (AvgIpc) is 3.28. The van der Waals surface area contributed by atoms with Gasteiger partial charge in [0.2, 0.25) is 53.2 Å². The lowest BCUT2D eigenvalue weighted by atomic mass is 10.0. The van der Waals surface area contributed by atoms with E-state index < -0.39 is 134 Å². The van der Waals surface area contributed by atoms with Crippen LogP contribution in [0.5, 0.6) is 0 Å². The zero-order chi connectivity index (χ0) is 49.2. The van der Waals surface area contributed by atoms with Gasteiger partial charge in [0.15, 0.2) is 0 Å². The number of hydrogen-bond acceptors (Lipinski definition) is 14. The Morgan fingerprint density at radius 1 is 0.576 bits per heavy atom. The van der Waals surface area contributed by atoms with E-state index in [0.717, 1.165) is 0 Å². The highest BCUT2D eigenvalue weighted by Crippen LogP contribution is 2.09.